The van der Waals surface area contributed by atoms with E-state index in [1.807, 2.05) is 18.2 Å². The number of amides is 1. The summed E-state index contributed by atoms with van der Waals surface area (Å²) in [5, 5.41) is 9.18. The number of nitrogens with two attached hydrogens (primary N) is 1. The SMILES string of the molecule is NC(c1ccc2c(c1)N(CCO)C(=O)CO2)C1CCCCC1. The van der Waals surface area contributed by atoms with Gasteiger partial charge in [0.2, 0.25) is 0 Å². The van der Waals surface area contributed by atoms with E-state index in [0.29, 0.717) is 11.7 Å². The van der Waals surface area contributed by atoms with Gasteiger partial charge in [0.05, 0.1) is 12.3 Å². The summed E-state index contributed by atoms with van der Waals surface area (Å²) in [4.78, 5) is 13.6. The Bertz CT molecular complexity index is 541. The topological polar surface area (TPSA) is 75.8 Å². The zero-order valence-electron chi connectivity index (χ0n) is 12.8. The highest BCUT2D eigenvalue weighted by Gasteiger charge is 2.28. The predicted molar refractivity (Wildman–Crippen MR) is 84.9 cm³/mol. The summed E-state index contributed by atoms with van der Waals surface area (Å²) in [6.07, 6.45) is 6.16. The number of benzene rings is 1. The quantitative estimate of drug-likeness (QED) is 0.892. The fraction of sp³-hybridized carbons (Fsp3) is 0.588. The first-order chi connectivity index (χ1) is 10.7. The van der Waals surface area contributed by atoms with Crippen LogP contribution in [0.15, 0.2) is 18.2 Å². The molecule has 120 valence electrons. The fourth-order valence-corrected chi connectivity index (χ4v) is 3.54. The lowest BCUT2D eigenvalue weighted by Crippen LogP contribution is -2.40. The zero-order chi connectivity index (χ0) is 15.5. The van der Waals surface area contributed by atoms with Gasteiger partial charge in [-0.15, -0.1) is 0 Å². The van der Waals surface area contributed by atoms with Crippen LogP contribution in [-0.4, -0.2) is 30.8 Å². The Hall–Kier alpha value is -1.59. The molecule has 1 unspecified atom stereocenters. The van der Waals surface area contributed by atoms with Crippen LogP contribution in [0.4, 0.5) is 5.69 Å². The molecule has 3 N–H and O–H groups in total. The molecule has 0 spiro atoms. The Morgan fingerprint density at radius 1 is 1.32 bits per heavy atom. The molecule has 1 saturated carbocycles. The molecule has 1 aliphatic heterocycles. The first kappa shape index (κ1) is 15.3. The Morgan fingerprint density at radius 3 is 2.82 bits per heavy atom. The molecule has 5 heteroatoms. The van der Waals surface area contributed by atoms with Crippen molar-refractivity contribution in [1.29, 1.82) is 0 Å². The molecule has 22 heavy (non-hydrogen) atoms. The summed E-state index contributed by atoms with van der Waals surface area (Å²) in [5.74, 6) is 1.08. The van der Waals surface area contributed by atoms with Gasteiger partial charge in [0.1, 0.15) is 5.75 Å². The number of aliphatic hydroxyl groups is 1. The van der Waals surface area contributed by atoms with Crippen LogP contribution in [0.25, 0.3) is 0 Å². The maximum atomic E-state index is 12.0. The third-order valence-electron chi connectivity index (χ3n) is 4.79. The predicted octanol–water partition coefficient (Wildman–Crippen LogP) is 1.98. The molecule has 2 aliphatic rings. The van der Waals surface area contributed by atoms with Crippen molar-refractivity contribution in [2.24, 2.45) is 11.7 Å². The number of ether oxygens (including phenoxy) is 1. The molecule has 0 aromatic heterocycles. The average Bonchev–Trinajstić information content (AvgIpc) is 2.57. The fourth-order valence-electron chi connectivity index (χ4n) is 3.54. The summed E-state index contributed by atoms with van der Waals surface area (Å²) >= 11 is 0. The van der Waals surface area contributed by atoms with Crippen molar-refractivity contribution < 1.29 is 14.6 Å². The van der Waals surface area contributed by atoms with Crippen LogP contribution in [0.5, 0.6) is 5.75 Å². The van der Waals surface area contributed by atoms with Gasteiger partial charge in [-0.3, -0.25) is 4.79 Å². The smallest absolute Gasteiger partial charge is 0.265 e. The van der Waals surface area contributed by atoms with E-state index in [0.717, 1.165) is 11.3 Å². The number of β-amino-alcohol motifs (C(OH)–C–C–N with tert-alkyl or cyclic N) is 1. The van der Waals surface area contributed by atoms with Gasteiger partial charge in [-0.25, -0.2) is 0 Å². The molecule has 1 heterocycles. The summed E-state index contributed by atoms with van der Waals surface area (Å²) in [5.41, 5.74) is 8.24. The van der Waals surface area contributed by atoms with Gasteiger partial charge in [-0.2, -0.15) is 0 Å². The van der Waals surface area contributed by atoms with E-state index in [1.165, 1.54) is 32.1 Å². The van der Waals surface area contributed by atoms with E-state index >= 15 is 0 Å². The Morgan fingerprint density at radius 2 is 2.09 bits per heavy atom. The average molecular weight is 304 g/mol. The van der Waals surface area contributed by atoms with Crippen LogP contribution in [0, 0.1) is 5.92 Å². The normalized spacial score (nSPS) is 20.5. The number of rotatable bonds is 4. The molecule has 0 saturated heterocycles. The molecule has 1 atom stereocenters. The lowest BCUT2D eigenvalue weighted by atomic mass is 9.81. The third kappa shape index (κ3) is 2.96. The Balaban J connectivity index is 1.86. The maximum absolute atomic E-state index is 12.0. The molecule has 1 aromatic rings. The first-order valence-electron chi connectivity index (χ1n) is 8.14. The van der Waals surface area contributed by atoms with Gasteiger partial charge in [-0.05, 0) is 36.5 Å². The van der Waals surface area contributed by atoms with Gasteiger partial charge in [0, 0.05) is 12.6 Å². The van der Waals surface area contributed by atoms with E-state index in [-0.39, 0.29) is 31.7 Å². The van der Waals surface area contributed by atoms with Crippen LogP contribution >= 0.6 is 0 Å². The van der Waals surface area contributed by atoms with E-state index in [4.69, 9.17) is 10.5 Å². The lowest BCUT2D eigenvalue weighted by molar-refractivity contribution is -0.121. The molecular formula is C17H24N2O3. The number of fused-ring (bicyclic) bond motifs is 1. The van der Waals surface area contributed by atoms with Crippen molar-refractivity contribution >= 4 is 11.6 Å². The minimum Gasteiger partial charge on any atom is -0.482 e. The van der Waals surface area contributed by atoms with Crippen molar-refractivity contribution in [2.75, 3.05) is 24.7 Å². The van der Waals surface area contributed by atoms with Crippen molar-refractivity contribution in [1.82, 2.24) is 0 Å². The van der Waals surface area contributed by atoms with Gasteiger partial charge >= 0.3 is 0 Å². The monoisotopic (exact) mass is 304 g/mol. The maximum Gasteiger partial charge on any atom is 0.265 e. The summed E-state index contributed by atoms with van der Waals surface area (Å²) < 4.78 is 5.48. The van der Waals surface area contributed by atoms with Crippen LogP contribution in [0.3, 0.4) is 0 Å². The summed E-state index contributed by atoms with van der Waals surface area (Å²) in [6.45, 7) is 0.252. The molecular weight excluding hydrogens is 280 g/mol. The van der Waals surface area contributed by atoms with Crippen molar-refractivity contribution in [3.8, 4) is 5.75 Å². The van der Waals surface area contributed by atoms with Crippen molar-refractivity contribution in [3.05, 3.63) is 23.8 Å². The van der Waals surface area contributed by atoms with Crippen molar-refractivity contribution in [3.63, 3.8) is 0 Å². The molecule has 1 aliphatic carbocycles. The molecule has 0 radical (unpaired) electrons. The molecule has 1 aromatic carbocycles. The number of anilines is 1. The lowest BCUT2D eigenvalue weighted by Gasteiger charge is -2.32. The van der Waals surface area contributed by atoms with Crippen molar-refractivity contribution in [2.45, 2.75) is 38.1 Å². The largest absolute Gasteiger partial charge is 0.482 e. The molecule has 1 amide bonds. The highest BCUT2D eigenvalue weighted by atomic mass is 16.5. The van der Waals surface area contributed by atoms with Crippen LogP contribution < -0.4 is 15.4 Å². The number of hydrogen-bond donors (Lipinski definition) is 2. The number of aliphatic hydroxyl groups excluding tert-OH is 1. The number of carbonyl (C=O) groups is 1. The second-order valence-corrected chi connectivity index (χ2v) is 6.21. The van der Waals surface area contributed by atoms with E-state index in [9.17, 15) is 9.90 Å². The highest BCUT2D eigenvalue weighted by Crippen LogP contribution is 2.38. The molecule has 0 bridgehead atoms. The minimum atomic E-state index is -0.120. The molecule has 5 nitrogen and oxygen atoms in total. The van der Waals surface area contributed by atoms with Crippen LogP contribution in [-0.2, 0) is 4.79 Å². The Kier molecular flexibility index (Phi) is 4.64. The minimum absolute atomic E-state index is 0.00129. The van der Waals surface area contributed by atoms with Gasteiger partial charge in [-0.1, -0.05) is 25.3 Å². The van der Waals surface area contributed by atoms with Gasteiger partial charge in [0.15, 0.2) is 6.61 Å². The van der Waals surface area contributed by atoms with E-state index < -0.39 is 0 Å². The standard InChI is InChI=1S/C17H24N2O3/c18-17(12-4-2-1-3-5-12)13-6-7-15-14(10-13)19(8-9-20)16(21)11-22-15/h6-7,10,12,17,20H,1-5,8-9,11,18H2. The van der Waals surface area contributed by atoms with Crippen LogP contribution in [0.1, 0.15) is 43.7 Å². The summed E-state index contributed by atoms with van der Waals surface area (Å²) in [7, 11) is 0. The van der Waals surface area contributed by atoms with E-state index in [2.05, 4.69) is 0 Å². The van der Waals surface area contributed by atoms with E-state index in [1.54, 1.807) is 4.90 Å². The van der Waals surface area contributed by atoms with Gasteiger partial charge < -0.3 is 20.5 Å². The number of carbonyl (C=O) groups excluding carboxylic acids is 1. The Labute approximate surface area is 131 Å². The molecule has 1 fully saturated rings. The first-order valence-corrected chi connectivity index (χ1v) is 8.14. The third-order valence-corrected chi connectivity index (χ3v) is 4.79. The number of nitrogens with zero attached hydrogens (tertiary/aromatic N) is 1. The van der Waals surface area contributed by atoms with Crippen LogP contribution in [0.2, 0.25) is 0 Å². The number of hydrogen-bond acceptors (Lipinski definition) is 4. The second kappa shape index (κ2) is 6.67. The van der Waals surface area contributed by atoms with Gasteiger partial charge in [0.25, 0.3) is 5.91 Å². The second-order valence-electron chi connectivity index (χ2n) is 6.21. The summed E-state index contributed by atoms with van der Waals surface area (Å²) in [6, 6.07) is 5.86. The molecule has 3 rings (SSSR count). The zero-order valence-corrected chi connectivity index (χ0v) is 12.8. The highest BCUT2D eigenvalue weighted by molar-refractivity contribution is 5.97.